The molecule has 11 nitrogen and oxygen atoms in total. The molecule has 0 aliphatic carbocycles. The highest BCUT2D eigenvalue weighted by Gasteiger charge is 2.21. The number of amides is 3. The lowest BCUT2D eigenvalue weighted by molar-refractivity contribution is -0.141. The molecule has 0 saturated carbocycles. The number of hydrogen-bond donors (Lipinski definition) is 5. The van der Waals surface area contributed by atoms with E-state index in [2.05, 4.69) is 25.9 Å². The van der Waals surface area contributed by atoms with Crippen LogP contribution in [0.2, 0.25) is 0 Å². The van der Waals surface area contributed by atoms with Gasteiger partial charge in [-0.15, -0.1) is 0 Å². The third-order valence-electron chi connectivity index (χ3n) is 3.65. The summed E-state index contributed by atoms with van der Waals surface area (Å²) in [7, 11) is 0. The third kappa shape index (κ3) is 8.12. The van der Waals surface area contributed by atoms with Crippen molar-refractivity contribution in [3.8, 4) is 0 Å². The fourth-order valence-electron chi connectivity index (χ4n) is 2.23. The van der Waals surface area contributed by atoms with Crippen molar-refractivity contribution >= 4 is 23.9 Å². The quantitative estimate of drug-likeness (QED) is 0.359. The Morgan fingerprint density at radius 3 is 2.45 bits per heavy atom. The largest absolute Gasteiger partial charge is 0.480 e. The van der Waals surface area contributed by atoms with Crippen molar-refractivity contribution in [2.75, 3.05) is 13.1 Å². The molecule has 1 atom stereocenters. The first-order valence-corrected chi connectivity index (χ1v) is 8.65. The van der Waals surface area contributed by atoms with Gasteiger partial charge in [-0.05, 0) is 5.56 Å². The number of carboxylic acid groups (broad SMARTS) is 1. The van der Waals surface area contributed by atoms with Crippen LogP contribution in [-0.4, -0.2) is 58.1 Å². The molecule has 2 rings (SSSR count). The number of carboxylic acids is 1. The number of benzene rings is 1. The molecule has 0 bridgehead atoms. The third-order valence-corrected chi connectivity index (χ3v) is 3.65. The molecule has 2 aromatic rings. The topological polar surface area (TPSA) is 163 Å². The summed E-state index contributed by atoms with van der Waals surface area (Å²) in [6.07, 6.45) is 2.13. The summed E-state index contributed by atoms with van der Waals surface area (Å²) in [4.78, 5) is 53.0. The van der Waals surface area contributed by atoms with Gasteiger partial charge < -0.3 is 30.8 Å². The number of aromatic amines is 1. The zero-order chi connectivity index (χ0) is 21.1. The molecule has 29 heavy (non-hydrogen) atoms. The summed E-state index contributed by atoms with van der Waals surface area (Å²) >= 11 is 0. The number of nitrogens with one attached hydrogen (secondary N) is 4. The number of H-pyrrole nitrogens is 1. The van der Waals surface area contributed by atoms with Gasteiger partial charge >= 0.3 is 12.1 Å². The van der Waals surface area contributed by atoms with Gasteiger partial charge in [0, 0.05) is 12.6 Å². The molecule has 1 heterocycles. The Labute approximate surface area is 165 Å². The molecular weight excluding hydrogens is 382 g/mol. The summed E-state index contributed by atoms with van der Waals surface area (Å²) < 4.78 is 4.95. The minimum absolute atomic E-state index is 0.00662. The van der Waals surface area contributed by atoms with E-state index in [4.69, 9.17) is 4.74 Å². The number of alkyl carbamates (subject to hydrolysis) is 1. The van der Waals surface area contributed by atoms with Gasteiger partial charge in [0.25, 0.3) is 0 Å². The summed E-state index contributed by atoms with van der Waals surface area (Å²) in [6, 6.07) is 7.83. The highest BCUT2D eigenvalue weighted by Crippen LogP contribution is 2.00. The van der Waals surface area contributed by atoms with E-state index >= 15 is 0 Å². The van der Waals surface area contributed by atoms with Crippen molar-refractivity contribution < 1.29 is 29.0 Å². The molecule has 1 aromatic heterocycles. The first kappa shape index (κ1) is 21.4. The second-order valence-electron chi connectivity index (χ2n) is 5.92. The highest BCUT2D eigenvalue weighted by atomic mass is 16.5. The van der Waals surface area contributed by atoms with E-state index in [-0.39, 0.29) is 13.0 Å². The van der Waals surface area contributed by atoms with Gasteiger partial charge in [0.2, 0.25) is 11.8 Å². The van der Waals surface area contributed by atoms with Crippen molar-refractivity contribution in [1.82, 2.24) is 25.9 Å². The predicted molar refractivity (Wildman–Crippen MR) is 99.5 cm³/mol. The summed E-state index contributed by atoms with van der Waals surface area (Å²) in [6.45, 7) is -0.774. The van der Waals surface area contributed by atoms with Gasteiger partial charge in [0.1, 0.15) is 19.2 Å². The van der Waals surface area contributed by atoms with Gasteiger partial charge in [0.05, 0.1) is 18.6 Å². The monoisotopic (exact) mass is 403 g/mol. The van der Waals surface area contributed by atoms with E-state index in [1.807, 2.05) is 6.07 Å². The molecule has 0 radical (unpaired) electrons. The summed E-state index contributed by atoms with van der Waals surface area (Å²) in [5.74, 6) is -2.54. The number of carbonyl (C=O) groups excluding carboxylic acids is 3. The molecule has 1 aromatic carbocycles. The predicted octanol–water partition coefficient (Wildman–Crippen LogP) is -0.436. The lowest BCUT2D eigenvalue weighted by atomic mass is 10.1. The minimum atomic E-state index is -1.23. The van der Waals surface area contributed by atoms with E-state index in [1.165, 1.54) is 12.5 Å². The molecule has 5 N–H and O–H groups in total. The van der Waals surface area contributed by atoms with E-state index in [0.717, 1.165) is 5.56 Å². The van der Waals surface area contributed by atoms with Crippen LogP contribution in [0.3, 0.4) is 0 Å². The number of aliphatic carboxylic acids is 1. The lowest BCUT2D eigenvalue weighted by Crippen LogP contribution is -2.47. The Bertz CT molecular complexity index is 825. The Kier molecular flexibility index (Phi) is 8.17. The van der Waals surface area contributed by atoms with Gasteiger partial charge in [-0.3, -0.25) is 9.59 Å². The summed E-state index contributed by atoms with van der Waals surface area (Å²) in [5.41, 5.74) is 1.27. The van der Waals surface area contributed by atoms with Crippen LogP contribution in [0.5, 0.6) is 0 Å². The van der Waals surface area contributed by atoms with E-state index < -0.39 is 43.0 Å². The van der Waals surface area contributed by atoms with E-state index in [9.17, 15) is 24.3 Å². The standard InChI is InChI=1S/C18H21N5O6/c24-15(8-21-18(28)29-10-12-4-2-1-3-5-12)20-9-16(25)23-14(17(26)27)6-13-7-19-11-22-13/h1-5,7,11,14H,6,8-10H2,(H,19,22)(H,20,24)(H,21,28)(H,23,25)(H,26,27)/t14-/m0/s1. The normalized spacial score (nSPS) is 11.2. The molecule has 0 spiro atoms. The molecule has 0 aliphatic rings. The van der Waals surface area contributed by atoms with Crippen molar-refractivity contribution in [3.05, 3.63) is 54.1 Å². The number of carbonyl (C=O) groups is 4. The molecular formula is C18H21N5O6. The SMILES string of the molecule is O=C(CNC(=O)OCc1ccccc1)NCC(=O)N[C@@H](Cc1c[nH]cn1)C(=O)O. The van der Waals surface area contributed by atoms with Gasteiger partial charge in [-0.2, -0.15) is 0 Å². The van der Waals surface area contributed by atoms with Gasteiger partial charge in [0.15, 0.2) is 0 Å². The molecule has 0 unspecified atom stereocenters. The van der Waals surface area contributed by atoms with E-state index in [1.54, 1.807) is 24.3 Å². The zero-order valence-corrected chi connectivity index (χ0v) is 15.4. The lowest BCUT2D eigenvalue weighted by Gasteiger charge is -2.14. The van der Waals surface area contributed by atoms with Crippen LogP contribution in [0.1, 0.15) is 11.3 Å². The van der Waals surface area contributed by atoms with Crippen molar-refractivity contribution in [2.24, 2.45) is 0 Å². The Morgan fingerprint density at radius 1 is 1.07 bits per heavy atom. The number of hydrogen-bond acceptors (Lipinski definition) is 6. The second-order valence-corrected chi connectivity index (χ2v) is 5.92. The fraction of sp³-hybridized carbons (Fsp3) is 0.278. The van der Waals surface area contributed by atoms with Crippen LogP contribution in [-0.2, 0) is 32.1 Å². The van der Waals surface area contributed by atoms with Crippen LogP contribution in [0.25, 0.3) is 0 Å². The van der Waals surface area contributed by atoms with E-state index in [0.29, 0.717) is 5.69 Å². The number of imidazole rings is 1. The van der Waals surface area contributed by atoms with Crippen molar-refractivity contribution in [1.29, 1.82) is 0 Å². The average molecular weight is 403 g/mol. The second kappa shape index (κ2) is 11.1. The molecule has 0 aliphatic heterocycles. The molecule has 0 fully saturated rings. The van der Waals surface area contributed by atoms with Gasteiger partial charge in [-0.1, -0.05) is 30.3 Å². The molecule has 154 valence electrons. The van der Waals surface area contributed by atoms with Crippen LogP contribution in [0, 0.1) is 0 Å². The number of rotatable bonds is 10. The smallest absolute Gasteiger partial charge is 0.407 e. The van der Waals surface area contributed by atoms with Crippen molar-refractivity contribution in [2.45, 2.75) is 19.1 Å². The summed E-state index contributed by atoms with van der Waals surface area (Å²) in [5, 5.41) is 16.0. The minimum Gasteiger partial charge on any atom is -0.480 e. The number of ether oxygens (including phenoxy) is 1. The first-order chi connectivity index (χ1) is 13.9. The maximum Gasteiger partial charge on any atom is 0.407 e. The van der Waals surface area contributed by atoms with Crippen LogP contribution in [0.4, 0.5) is 4.79 Å². The van der Waals surface area contributed by atoms with Gasteiger partial charge in [-0.25, -0.2) is 14.6 Å². The number of aromatic nitrogens is 2. The maximum atomic E-state index is 11.9. The maximum absolute atomic E-state index is 11.9. The zero-order valence-electron chi connectivity index (χ0n) is 15.4. The van der Waals surface area contributed by atoms with Crippen LogP contribution in [0.15, 0.2) is 42.9 Å². The van der Waals surface area contributed by atoms with Crippen molar-refractivity contribution in [3.63, 3.8) is 0 Å². The molecule has 3 amide bonds. The first-order valence-electron chi connectivity index (χ1n) is 8.65. The molecule has 0 saturated heterocycles. The van der Waals surface area contributed by atoms with Crippen LogP contribution < -0.4 is 16.0 Å². The molecule has 11 heteroatoms. The Balaban J connectivity index is 1.64. The number of nitrogens with zero attached hydrogens (tertiary/aromatic N) is 1. The highest BCUT2D eigenvalue weighted by molar-refractivity contribution is 5.89. The fourth-order valence-corrected chi connectivity index (χ4v) is 2.23. The van der Waals surface area contributed by atoms with Crippen LogP contribution >= 0.6 is 0 Å². The Hall–Kier alpha value is -3.89. The average Bonchev–Trinajstić information content (AvgIpc) is 3.22. The Morgan fingerprint density at radius 2 is 1.79 bits per heavy atom.